The third-order valence-corrected chi connectivity index (χ3v) is 4.24. The molecule has 136 valence electrons. The van der Waals surface area contributed by atoms with Gasteiger partial charge in [-0.2, -0.15) is 0 Å². The molecule has 0 bridgehead atoms. The summed E-state index contributed by atoms with van der Waals surface area (Å²) in [5, 5.41) is 67.8. The molecule has 23 heavy (non-hydrogen) atoms. The molecule has 2 rings (SSSR count). The third-order valence-electron chi connectivity index (χ3n) is 4.24. The van der Waals surface area contributed by atoms with Crippen molar-refractivity contribution in [2.45, 2.75) is 68.1 Å². The highest BCUT2D eigenvalue weighted by Crippen LogP contribution is 2.28. The molecule has 0 saturated carbocycles. The molecule has 7 N–H and O–H groups in total. The van der Waals surface area contributed by atoms with Gasteiger partial charge in [-0.1, -0.05) is 0 Å². The summed E-state index contributed by atoms with van der Waals surface area (Å²) in [7, 11) is 0. The molecule has 0 aliphatic carbocycles. The quantitative estimate of drug-likeness (QED) is 0.265. The van der Waals surface area contributed by atoms with Gasteiger partial charge in [0.15, 0.2) is 6.29 Å². The second-order valence-electron chi connectivity index (χ2n) is 5.84. The Bertz CT molecular complexity index is 378. The average Bonchev–Trinajstić information content (AvgIpc) is 2.55. The maximum absolute atomic E-state index is 10.1. The van der Waals surface area contributed by atoms with Crippen LogP contribution in [-0.2, 0) is 14.2 Å². The Hall–Kier alpha value is -0.400. The highest BCUT2D eigenvalue weighted by atomic mass is 16.7. The van der Waals surface area contributed by atoms with E-state index in [9.17, 15) is 30.6 Å². The lowest BCUT2D eigenvalue weighted by Crippen LogP contribution is -2.64. The molecular weight excluding hydrogens is 316 g/mol. The van der Waals surface area contributed by atoms with Gasteiger partial charge in [0.2, 0.25) is 0 Å². The van der Waals surface area contributed by atoms with Crippen molar-refractivity contribution in [1.29, 1.82) is 0 Å². The topological polar surface area (TPSA) is 169 Å². The Morgan fingerprint density at radius 3 is 1.91 bits per heavy atom. The summed E-state index contributed by atoms with van der Waals surface area (Å²) in [4.78, 5) is 0. The number of hydrogen-bond acceptors (Lipinski definition) is 10. The van der Waals surface area contributed by atoms with E-state index >= 15 is 0 Å². The highest BCUT2D eigenvalue weighted by molar-refractivity contribution is 4.94. The van der Waals surface area contributed by atoms with Gasteiger partial charge in [-0.3, -0.25) is 0 Å². The van der Waals surface area contributed by atoms with Gasteiger partial charge in [0.1, 0.15) is 48.8 Å². The highest BCUT2D eigenvalue weighted by Gasteiger charge is 2.49. The molecule has 0 aromatic heterocycles. The molecule has 10 nitrogen and oxygen atoms in total. The Morgan fingerprint density at radius 2 is 1.35 bits per heavy atom. The van der Waals surface area contributed by atoms with Crippen molar-refractivity contribution in [1.82, 2.24) is 0 Å². The fourth-order valence-corrected chi connectivity index (χ4v) is 2.78. The summed E-state index contributed by atoms with van der Waals surface area (Å²) >= 11 is 0. The molecule has 0 aromatic rings. The summed E-state index contributed by atoms with van der Waals surface area (Å²) in [6, 6.07) is 0. The summed E-state index contributed by atoms with van der Waals surface area (Å²) < 4.78 is 15.9. The van der Waals surface area contributed by atoms with Gasteiger partial charge in [0.05, 0.1) is 19.3 Å². The summed E-state index contributed by atoms with van der Waals surface area (Å²) in [6.07, 6.45) is -13.2. The maximum atomic E-state index is 10.1. The van der Waals surface area contributed by atoms with E-state index in [-0.39, 0.29) is 0 Å². The number of hydrogen-bond donors (Lipinski definition) is 7. The Morgan fingerprint density at radius 1 is 0.739 bits per heavy atom. The van der Waals surface area contributed by atoms with Gasteiger partial charge >= 0.3 is 0 Å². The fourth-order valence-electron chi connectivity index (χ4n) is 2.78. The minimum absolute atomic E-state index is 0.518. The second kappa shape index (κ2) is 7.66. The summed E-state index contributed by atoms with van der Waals surface area (Å²) in [5.41, 5.74) is 0. The fraction of sp³-hybridized carbons (Fsp3) is 1.00. The Kier molecular flexibility index (Phi) is 6.30. The molecule has 2 fully saturated rings. The molecule has 4 unspecified atom stereocenters. The van der Waals surface area contributed by atoms with E-state index in [1.54, 1.807) is 0 Å². The first kappa shape index (κ1) is 18.9. The summed E-state index contributed by atoms with van der Waals surface area (Å²) in [6.45, 7) is 0.369. The van der Waals surface area contributed by atoms with Gasteiger partial charge < -0.3 is 50.0 Å². The molecular formula is C13H24O10. The van der Waals surface area contributed by atoms with Crippen LogP contribution in [0.2, 0.25) is 0 Å². The largest absolute Gasteiger partial charge is 0.394 e. The van der Waals surface area contributed by atoms with E-state index in [2.05, 4.69) is 0 Å². The molecule has 10 heteroatoms. The van der Waals surface area contributed by atoms with E-state index < -0.39 is 74.4 Å². The van der Waals surface area contributed by atoms with Gasteiger partial charge in [-0.25, -0.2) is 0 Å². The van der Waals surface area contributed by atoms with Crippen LogP contribution in [0.1, 0.15) is 6.92 Å². The van der Waals surface area contributed by atoms with E-state index in [4.69, 9.17) is 19.3 Å². The van der Waals surface area contributed by atoms with Crippen molar-refractivity contribution < 1.29 is 50.0 Å². The zero-order chi connectivity index (χ0) is 17.3. The van der Waals surface area contributed by atoms with E-state index in [0.29, 0.717) is 0 Å². The van der Waals surface area contributed by atoms with Crippen LogP contribution < -0.4 is 0 Å². The van der Waals surface area contributed by atoms with Crippen LogP contribution >= 0.6 is 0 Å². The lowest BCUT2D eigenvalue weighted by atomic mass is 9.95. The number of rotatable bonds is 4. The zero-order valence-corrected chi connectivity index (χ0v) is 12.5. The first-order chi connectivity index (χ1) is 10.8. The monoisotopic (exact) mass is 340 g/mol. The van der Waals surface area contributed by atoms with E-state index in [1.807, 2.05) is 0 Å². The van der Waals surface area contributed by atoms with Gasteiger partial charge in [0, 0.05) is 0 Å². The molecule has 0 aromatic carbocycles. The minimum atomic E-state index is -1.66. The van der Waals surface area contributed by atoms with Crippen LogP contribution in [-0.4, -0.2) is 110 Å². The molecule has 2 aliphatic heterocycles. The molecule has 0 amide bonds. The van der Waals surface area contributed by atoms with Crippen LogP contribution in [0, 0.1) is 0 Å². The normalized spacial score (nSPS) is 51.7. The van der Waals surface area contributed by atoms with Crippen molar-refractivity contribution in [2.75, 3.05) is 13.2 Å². The lowest BCUT2D eigenvalue weighted by Gasteiger charge is -2.45. The summed E-state index contributed by atoms with van der Waals surface area (Å²) in [5.74, 6) is 0. The molecule has 2 heterocycles. The smallest absolute Gasteiger partial charge is 0.187 e. The van der Waals surface area contributed by atoms with Crippen molar-refractivity contribution >= 4 is 0 Å². The maximum Gasteiger partial charge on any atom is 0.187 e. The molecule has 10 atom stereocenters. The van der Waals surface area contributed by atoms with Crippen LogP contribution in [0.4, 0.5) is 0 Å². The lowest BCUT2D eigenvalue weighted by molar-refractivity contribution is -0.341. The van der Waals surface area contributed by atoms with E-state index in [1.165, 1.54) is 6.92 Å². The molecule has 0 spiro atoms. The predicted molar refractivity (Wildman–Crippen MR) is 72.1 cm³/mol. The molecule has 2 saturated heterocycles. The van der Waals surface area contributed by atoms with Gasteiger partial charge in [0.25, 0.3) is 0 Å². The van der Waals surface area contributed by atoms with E-state index in [0.717, 1.165) is 0 Å². The average molecular weight is 340 g/mol. The minimum Gasteiger partial charge on any atom is -0.394 e. The van der Waals surface area contributed by atoms with Crippen molar-refractivity contribution in [3.05, 3.63) is 0 Å². The first-order valence-electron chi connectivity index (χ1n) is 7.40. The Labute approximate surface area is 132 Å². The van der Waals surface area contributed by atoms with Crippen LogP contribution in [0.25, 0.3) is 0 Å². The number of aliphatic hydroxyl groups is 7. The standard InChI is InChI=1S/C13H24O10/c1-4-7(16)10(19)12(6(3-15)21-4)23-13-11(20)9(18)8(17)5(2-14)22-13/h4-20H,2-3H2,1H3/t4-,5?,6?,7?,8-,9+,10-,11?,12-,13-/m1/s1. The van der Waals surface area contributed by atoms with Crippen LogP contribution in [0.3, 0.4) is 0 Å². The number of ether oxygens (including phenoxy) is 3. The zero-order valence-electron chi connectivity index (χ0n) is 12.5. The Balaban J connectivity index is 2.11. The number of aliphatic hydroxyl groups excluding tert-OH is 7. The van der Waals surface area contributed by atoms with Crippen molar-refractivity contribution in [2.24, 2.45) is 0 Å². The van der Waals surface area contributed by atoms with Gasteiger partial charge in [-0.05, 0) is 6.92 Å². The second-order valence-corrected chi connectivity index (χ2v) is 5.84. The van der Waals surface area contributed by atoms with Crippen molar-refractivity contribution in [3.63, 3.8) is 0 Å². The predicted octanol–water partition coefficient (Wildman–Crippen LogP) is -4.33. The van der Waals surface area contributed by atoms with Gasteiger partial charge in [-0.15, -0.1) is 0 Å². The molecule has 2 aliphatic rings. The molecule has 0 radical (unpaired) electrons. The third kappa shape index (κ3) is 3.66. The van der Waals surface area contributed by atoms with Crippen LogP contribution in [0.5, 0.6) is 0 Å². The van der Waals surface area contributed by atoms with Crippen molar-refractivity contribution in [3.8, 4) is 0 Å². The first-order valence-corrected chi connectivity index (χ1v) is 7.40. The SMILES string of the molecule is C[C@H]1OC(CO)[C@@H](O[C@H]2OC(CO)[C@@H](O)[C@H](O)C2O)[C@H](O)C1O. The van der Waals surface area contributed by atoms with Crippen LogP contribution in [0.15, 0.2) is 0 Å².